The van der Waals surface area contributed by atoms with Crippen LogP contribution < -0.4 is 5.32 Å². The van der Waals surface area contributed by atoms with E-state index in [1.807, 2.05) is 0 Å². The zero-order valence-electron chi connectivity index (χ0n) is 14.5. The maximum Gasteiger partial charge on any atom is 0.238 e. The van der Waals surface area contributed by atoms with Gasteiger partial charge in [0.1, 0.15) is 5.82 Å². The number of amides is 1. The van der Waals surface area contributed by atoms with E-state index in [-0.39, 0.29) is 34.2 Å². The van der Waals surface area contributed by atoms with Gasteiger partial charge in [-0.3, -0.25) is 4.79 Å². The van der Waals surface area contributed by atoms with E-state index in [9.17, 15) is 13.2 Å². The molecule has 2 unspecified atom stereocenters. The van der Waals surface area contributed by atoms with Gasteiger partial charge in [0.2, 0.25) is 5.91 Å². The summed E-state index contributed by atoms with van der Waals surface area (Å²) in [7, 11) is -1.24. The van der Waals surface area contributed by atoms with Crippen LogP contribution in [-0.2, 0) is 21.7 Å². The molecule has 0 radical (unpaired) electrons. The van der Waals surface area contributed by atoms with E-state index in [1.54, 1.807) is 18.5 Å². The summed E-state index contributed by atoms with van der Waals surface area (Å²) in [5.74, 6) is 0.635. The molecule has 0 saturated carbocycles. The number of thioether (sulfide) groups is 1. The Morgan fingerprint density at radius 3 is 2.78 bits per heavy atom. The molecule has 1 saturated heterocycles. The van der Waals surface area contributed by atoms with Gasteiger partial charge in [0, 0.05) is 19.2 Å². The number of carbonyl (C=O) groups is 1. The Kier molecular flexibility index (Phi) is 5.99. The minimum absolute atomic E-state index is 0.0837. The van der Waals surface area contributed by atoms with E-state index in [2.05, 4.69) is 20.5 Å². The first-order chi connectivity index (χ1) is 12.7. The number of rotatable bonds is 5. The first-order valence-corrected chi connectivity index (χ1v) is 11.5. The number of sulfone groups is 1. The van der Waals surface area contributed by atoms with Crippen molar-refractivity contribution in [2.45, 2.75) is 29.7 Å². The SMILES string of the molecule is CC(Sc1nnc(C2CCS(=O)(=O)C2)n1C)C(=O)Nc1ncc(Cl)cc1Cl. The van der Waals surface area contributed by atoms with E-state index in [0.717, 1.165) is 0 Å². The fraction of sp³-hybridized carbons (Fsp3) is 0.467. The minimum Gasteiger partial charge on any atom is -0.309 e. The van der Waals surface area contributed by atoms with Crippen molar-refractivity contribution in [1.82, 2.24) is 19.7 Å². The zero-order valence-corrected chi connectivity index (χ0v) is 17.7. The maximum atomic E-state index is 12.4. The van der Waals surface area contributed by atoms with Gasteiger partial charge in [-0.15, -0.1) is 10.2 Å². The van der Waals surface area contributed by atoms with Gasteiger partial charge in [0.25, 0.3) is 0 Å². The number of halogens is 2. The predicted octanol–water partition coefficient (Wildman–Crippen LogP) is 2.54. The Hall–Kier alpha value is -1.36. The number of nitrogens with one attached hydrogen (secondary N) is 1. The molecular formula is C15H17Cl2N5O3S2. The Bertz CT molecular complexity index is 980. The summed E-state index contributed by atoms with van der Waals surface area (Å²) in [5, 5.41) is 11.5. The normalized spacial score (nSPS) is 19.8. The summed E-state index contributed by atoms with van der Waals surface area (Å²) in [6.07, 6.45) is 1.93. The molecule has 0 aliphatic carbocycles. The summed E-state index contributed by atoms with van der Waals surface area (Å²) < 4.78 is 25.1. The Morgan fingerprint density at radius 2 is 2.15 bits per heavy atom. The molecule has 1 aliphatic rings. The number of pyridine rings is 1. The summed E-state index contributed by atoms with van der Waals surface area (Å²) >= 11 is 13.0. The molecule has 1 aliphatic heterocycles. The molecular weight excluding hydrogens is 433 g/mol. The second-order valence-electron chi connectivity index (χ2n) is 6.23. The summed E-state index contributed by atoms with van der Waals surface area (Å²) in [4.78, 5) is 16.4. The van der Waals surface area contributed by atoms with Crippen molar-refractivity contribution in [1.29, 1.82) is 0 Å². The molecule has 2 aromatic heterocycles. The Balaban J connectivity index is 1.67. The van der Waals surface area contributed by atoms with Gasteiger partial charge < -0.3 is 9.88 Å². The van der Waals surface area contributed by atoms with E-state index in [1.165, 1.54) is 24.0 Å². The van der Waals surface area contributed by atoms with Gasteiger partial charge in [-0.05, 0) is 19.4 Å². The standard InChI is InChI=1S/C15H17Cl2N5O3S2/c1-8(14(23)19-12-11(17)5-10(16)6-18-12)26-15-21-20-13(22(15)2)9-3-4-27(24,25)7-9/h5-6,8-9H,3-4,7H2,1-2H3,(H,18,19,23). The molecule has 146 valence electrons. The summed E-state index contributed by atoms with van der Waals surface area (Å²) in [5.41, 5.74) is 0. The molecule has 2 atom stereocenters. The van der Waals surface area contributed by atoms with Crippen LogP contribution in [0.2, 0.25) is 10.0 Å². The minimum atomic E-state index is -3.01. The lowest BCUT2D eigenvalue weighted by Crippen LogP contribution is -2.23. The van der Waals surface area contributed by atoms with E-state index in [0.29, 0.717) is 22.4 Å². The zero-order chi connectivity index (χ0) is 19.8. The molecule has 0 aromatic carbocycles. The second-order valence-corrected chi connectivity index (χ2v) is 10.6. The molecule has 3 heterocycles. The molecule has 8 nitrogen and oxygen atoms in total. The number of aromatic nitrogens is 4. The third kappa shape index (κ3) is 4.74. The topological polar surface area (TPSA) is 107 Å². The molecule has 1 fully saturated rings. The highest BCUT2D eigenvalue weighted by Gasteiger charge is 2.33. The first-order valence-electron chi connectivity index (χ1n) is 8.04. The molecule has 3 rings (SSSR count). The molecule has 12 heteroatoms. The van der Waals surface area contributed by atoms with Crippen LogP contribution in [0.15, 0.2) is 17.4 Å². The summed E-state index contributed by atoms with van der Waals surface area (Å²) in [6, 6.07) is 1.49. The van der Waals surface area contributed by atoms with Crippen LogP contribution in [0, 0.1) is 0 Å². The van der Waals surface area contributed by atoms with Gasteiger partial charge in [-0.2, -0.15) is 0 Å². The summed E-state index contributed by atoms with van der Waals surface area (Å²) in [6.45, 7) is 1.72. The molecule has 0 spiro atoms. The van der Waals surface area contributed by atoms with Crippen LogP contribution in [0.25, 0.3) is 0 Å². The highest BCUT2D eigenvalue weighted by molar-refractivity contribution is 8.00. The highest BCUT2D eigenvalue weighted by Crippen LogP contribution is 2.31. The van der Waals surface area contributed by atoms with Crippen LogP contribution in [0.3, 0.4) is 0 Å². The monoisotopic (exact) mass is 449 g/mol. The first kappa shape index (κ1) is 20.4. The average molecular weight is 450 g/mol. The van der Waals surface area contributed by atoms with Crippen molar-refractivity contribution in [3.05, 3.63) is 28.1 Å². The molecule has 1 N–H and O–H groups in total. The maximum absolute atomic E-state index is 12.4. The van der Waals surface area contributed by atoms with Gasteiger partial charge >= 0.3 is 0 Å². The fourth-order valence-electron chi connectivity index (χ4n) is 2.72. The predicted molar refractivity (Wildman–Crippen MR) is 105 cm³/mol. The van der Waals surface area contributed by atoms with Gasteiger partial charge in [0.15, 0.2) is 20.8 Å². The molecule has 0 bridgehead atoms. The van der Waals surface area contributed by atoms with Crippen LogP contribution in [0.5, 0.6) is 0 Å². The van der Waals surface area contributed by atoms with Crippen LogP contribution in [0.1, 0.15) is 25.1 Å². The number of hydrogen-bond acceptors (Lipinski definition) is 7. The highest BCUT2D eigenvalue weighted by atomic mass is 35.5. The average Bonchev–Trinajstić information content (AvgIpc) is 3.12. The third-order valence-electron chi connectivity index (χ3n) is 4.17. The largest absolute Gasteiger partial charge is 0.309 e. The third-order valence-corrected chi connectivity index (χ3v) is 7.56. The quantitative estimate of drug-likeness (QED) is 0.698. The van der Waals surface area contributed by atoms with Crippen molar-refractivity contribution in [3.63, 3.8) is 0 Å². The number of carbonyl (C=O) groups excluding carboxylic acids is 1. The lowest BCUT2D eigenvalue weighted by Gasteiger charge is -2.12. The van der Waals surface area contributed by atoms with Crippen molar-refractivity contribution < 1.29 is 13.2 Å². The smallest absolute Gasteiger partial charge is 0.238 e. The Morgan fingerprint density at radius 1 is 1.41 bits per heavy atom. The van der Waals surface area contributed by atoms with Crippen LogP contribution in [0.4, 0.5) is 5.82 Å². The van der Waals surface area contributed by atoms with E-state index < -0.39 is 15.1 Å². The van der Waals surface area contributed by atoms with Crippen LogP contribution >= 0.6 is 35.0 Å². The number of nitrogens with zero attached hydrogens (tertiary/aromatic N) is 4. The number of hydrogen-bond donors (Lipinski definition) is 1. The van der Waals surface area contributed by atoms with Gasteiger partial charge in [0.05, 0.1) is 26.8 Å². The van der Waals surface area contributed by atoms with Gasteiger partial charge in [-0.1, -0.05) is 35.0 Å². The lowest BCUT2D eigenvalue weighted by atomic mass is 10.1. The van der Waals surface area contributed by atoms with Crippen molar-refractivity contribution >= 4 is 56.5 Å². The second kappa shape index (κ2) is 7.94. The van der Waals surface area contributed by atoms with E-state index in [4.69, 9.17) is 23.2 Å². The van der Waals surface area contributed by atoms with Crippen molar-refractivity contribution in [2.24, 2.45) is 7.05 Å². The lowest BCUT2D eigenvalue weighted by molar-refractivity contribution is -0.115. The molecule has 27 heavy (non-hydrogen) atoms. The fourth-order valence-corrected chi connectivity index (χ4v) is 5.71. The van der Waals surface area contributed by atoms with Gasteiger partial charge in [-0.25, -0.2) is 13.4 Å². The molecule has 1 amide bonds. The molecule has 2 aromatic rings. The van der Waals surface area contributed by atoms with E-state index >= 15 is 0 Å². The van der Waals surface area contributed by atoms with Crippen molar-refractivity contribution in [3.8, 4) is 0 Å². The van der Waals surface area contributed by atoms with Crippen molar-refractivity contribution in [2.75, 3.05) is 16.8 Å². The Labute approximate surface area is 171 Å². The van der Waals surface area contributed by atoms with Crippen LogP contribution in [-0.4, -0.2) is 50.8 Å². The number of anilines is 1.